The van der Waals surface area contributed by atoms with Crippen molar-refractivity contribution in [2.24, 2.45) is 11.7 Å². The maximum Gasteiger partial charge on any atom is 0.320 e. The number of carboxylic acid groups (broad SMARTS) is 1. The predicted molar refractivity (Wildman–Crippen MR) is 48.2 cm³/mol. The number of carbonyl (C=O) groups is 1. The minimum absolute atomic E-state index is 0.250. The standard InChI is InChI=1S/C9H17NO3/c10-8(9(12)13)5-6-2-1-3-7(11)4-6/h6-8,11H,1-5,10H2,(H,12,13)/t6-,7?,8-/m1/s1. The normalized spacial score (nSPS) is 31.2. The van der Waals surface area contributed by atoms with E-state index < -0.39 is 12.0 Å². The highest BCUT2D eigenvalue weighted by Crippen LogP contribution is 2.27. The fourth-order valence-electron chi connectivity index (χ4n) is 1.94. The first-order valence-electron chi connectivity index (χ1n) is 4.76. The van der Waals surface area contributed by atoms with Gasteiger partial charge >= 0.3 is 5.97 Å². The monoisotopic (exact) mass is 187 g/mol. The summed E-state index contributed by atoms with van der Waals surface area (Å²) >= 11 is 0. The molecule has 4 N–H and O–H groups in total. The number of aliphatic hydroxyl groups is 1. The van der Waals surface area contributed by atoms with E-state index in [1.807, 2.05) is 0 Å². The summed E-state index contributed by atoms with van der Waals surface area (Å²) in [5, 5.41) is 17.9. The zero-order valence-electron chi connectivity index (χ0n) is 7.65. The molecule has 13 heavy (non-hydrogen) atoms. The summed E-state index contributed by atoms with van der Waals surface area (Å²) in [5.74, 6) is -0.657. The lowest BCUT2D eigenvalue weighted by Crippen LogP contribution is -2.34. The lowest BCUT2D eigenvalue weighted by atomic mass is 9.83. The Bertz CT molecular complexity index is 184. The van der Waals surface area contributed by atoms with E-state index in [9.17, 15) is 9.90 Å². The lowest BCUT2D eigenvalue weighted by Gasteiger charge is -2.26. The van der Waals surface area contributed by atoms with Crippen LogP contribution in [0.5, 0.6) is 0 Å². The maximum absolute atomic E-state index is 10.5. The average Bonchev–Trinajstić information content (AvgIpc) is 2.04. The molecular formula is C9H17NO3. The van der Waals surface area contributed by atoms with Crippen molar-refractivity contribution in [2.75, 3.05) is 0 Å². The molecule has 4 heteroatoms. The molecule has 1 aliphatic carbocycles. The molecule has 4 nitrogen and oxygen atoms in total. The van der Waals surface area contributed by atoms with Crippen LogP contribution in [0.25, 0.3) is 0 Å². The molecule has 0 aromatic carbocycles. The van der Waals surface area contributed by atoms with Gasteiger partial charge in [-0.15, -0.1) is 0 Å². The Balaban J connectivity index is 2.31. The summed E-state index contributed by atoms with van der Waals surface area (Å²) in [7, 11) is 0. The van der Waals surface area contributed by atoms with Gasteiger partial charge < -0.3 is 15.9 Å². The first-order chi connectivity index (χ1) is 6.09. The van der Waals surface area contributed by atoms with Gasteiger partial charge in [-0.3, -0.25) is 4.79 Å². The highest BCUT2D eigenvalue weighted by atomic mass is 16.4. The number of hydrogen-bond acceptors (Lipinski definition) is 3. The summed E-state index contributed by atoms with van der Waals surface area (Å²) in [4.78, 5) is 10.5. The fourth-order valence-corrected chi connectivity index (χ4v) is 1.94. The van der Waals surface area contributed by atoms with Crippen LogP contribution in [0, 0.1) is 5.92 Å². The van der Waals surface area contributed by atoms with Crippen molar-refractivity contribution in [1.29, 1.82) is 0 Å². The van der Waals surface area contributed by atoms with Crippen LogP contribution in [-0.4, -0.2) is 28.3 Å². The van der Waals surface area contributed by atoms with Crippen molar-refractivity contribution in [2.45, 2.75) is 44.2 Å². The van der Waals surface area contributed by atoms with Crippen molar-refractivity contribution >= 4 is 5.97 Å². The molecule has 0 aromatic rings. The zero-order chi connectivity index (χ0) is 9.84. The zero-order valence-corrected chi connectivity index (χ0v) is 7.65. The van der Waals surface area contributed by atoms with E-state index in [1.165, 1.54) is 0 Å². The fraction of sp³-hybridized carbons (Fsp3) is 0.889. The average molecular weight is 187 g/mol. The summed E-state index contributed by atoms with van der Waals surface area (Å²) in [6.45, 7) is 0. The molecule has 1 aliphatic rings. The highest BCUT2D eigenvalue weighted by molar-refractivity contribution is 5.73. The van der Waals surface area contributed by atoms with E-state index in [0.717, 1.165) is 19.3 Å². The van der Waals surface area contributed by atoms with Crippen LogP contribution in [-0.2, 0) is 4.79 Å². The van der Waals surface area contributed by atoms with Gasteiger partial charge in [0.05, 0.1) is 6.10 Å². The molecule has 0 amide bonds. The summed E-state index contributed by atoms with van der Waals surface area (Å²) < 4.78 is 0. The Morgan fingerprint density at radius 3 is 2.77 bits per heavy atom. The lowest BCUT2D eigenvalue weighted by molar-refractivity contribution is -0.139. The number of rotatable bonds is 3. The molecule has 0 radical (unpaired) electrons. The minimum Gasteiger partial charge on any atom is -0.480 e. The summed E-state index contributed by atoms with van der Waals surface area (Å²) in [5.41, 5.74) is 5.41. The smallest absolute Gasteiger partial charge is 0.320 e. The van der Waals surface area contributed by atoms with Crippen LogP contribution in [0.3, 0.4) is 0 Å². The summed E-state index contributed by atoms with van der Waals surface area (Å²) in [6, 6.07) is -0.768. The number of nitrogens with two attached hydrogens (primary N) is 1. The predicted octanol–water partition coefficient (Wildman–Crippen LogP) is 0.339. The molecule has 0 saturated heterocycles. The molecular weight excluding hydrogens is 170 g/mol. The highest BCUT2D eigenvalue weighted by Gasteiger charge is 2.24. The Morgan fingerprint density at radius 2 is 2.23 bits per heavy atom. The number of aliphatic carboxylic acids is 1. The SMILES string of the molecule is N[C@H](C[C@@H]1CCCC(O)C1)C(=O)O. The van der Waals surface area contributed by atoms with E-state index in [4.69, 9.17) is 10.8 Å². The molecule has 0 bridgehead atoms. The minimum atomic E-state index is -0.944. The number of aliphatic hydroxyl groups excluding tert-OH is 1. The third-order valence-electron chi connectivity index (χ3n) is 2.66. The van der Waals surface area contributed by atoms with Crippen molar-refractivity contribution in [3.05, 3.63) is 0 Å². The van der Waals surface area contributed by atoms with E-state index in [1.54, 1.807) is 0 Å². The van der Waals surface area contributed by atoms with Gasteiger partial charge in [-0.2, -0.15) is 0 Å². The van der Waals surface area contributed by atoms with Gasteiger partial charge in [0.2, 0.25) is 0 Å². The van der Waals surface area contributed by atoms with Gasteiger partial charge in [0.15, 0.2) is 0 Å². The molecule has 3 atom stereocenters. The Labute approximate surface area is 77.7 Å². The third kappa shape index (κ3) is 3.32. The van der Waals surface area contributed by atoms with E-state index in [0.29, 0.717) is 12.8 Å². The molecule has 1 saturated carbocycles. The van der Waals surface area contributed by atoms with Crippen LogP contribution < -0.4 is 5.73 Å². The largest absolute Gasteiger partial charge is 0.480 e. The summed E-state index contributed by atoms with van der Waals surface area (Å²) in [6.07, 6.45) is 3.78. The van der Waals surface area contributed by atoms with Crippen molar-refractivity contribution < 1.29 is 15.0 Å². The van der Waals surface area contributed by atoms with Gasteiger partial charge in [0.1, 0.15) is 6.04 Å². The second-order valence-corrected chi connectivity index (χ2v) is 3.87. The first kappa shape index (κ1) is 10.5. The number of carboxylic acids is 1. The van der Waals surface area contributed by atoms with E-state index >= 15 is 0 Å². The van der Waals surface area contributed by atoms with E-state index in [2.05, 4.69) is 0 Å². The van der Waals surface area contributed by atoms with Crippen molar-refractivity contribution in [1.82, 2.24) is 0 Å². The van der Waals surface area contributed by atoms with Crippen LogP contribution >= 0.6 is 0 Å². The second kappa shape index (κ2) is 4.58. The van der Waals surface area contributed by atoms with Gasteiger partial charge in [0, 0.05) is 0 Å². The molecule has 0 heterocycles. The Morgan fingerprint density at radius 1 is 1.54 bits per heavy atom. The Kier molecular flexibility index (Phi) is 3.69. The first-order valence-corrected chi connectivity index (χ1v) is 4.76. The molecule has 0 aromatic heterocycles. The van der Waals surface area contributed by atoms with Gasteiger partial charge in [0.25, 0.3) is 0 Å². The Hall–Kier alpha value is -0.610. The van der Waals surface area contributed by atoms with Gasteiger partial charge in [-0.05, 0) is 25.2 Å². The van der Waals surface area contributed by atoms with Crippen LogP contribution in [0.2, 0.25) is 0 Å². The van der Waals surface area contributed by atoms with Crippen molar-refractivity contribution in [3.8, 4) is 0 Å². The maximum atomic E-state index is 10.5. The van der Waals surface area contributed by atoms with Crippen LogP contribution in [0.1, 0.15) is 32.1 Å². The van der Waals surface area contributed by atoms with Gasteiger partial charge in [-0.1, -0.05) is 12.8 Å². The number of hydrogen-bond donors (Lipinski definition) is 3. The van der Waals surface area contributed by atoms with E-state index in [-0.39, 0.29) is 12.0 Å². The van der Waals surface area contributed by atoms with Gasteiger partial charge in [-0.25, -0.2) is 0 Å². The molecule has 1 rings (SSSR count). The quantitative estimate of drug-likeness (QED) is 0.595. The topological polar surface area (TPSA) is 83.5 Å². The van der Waals surface area contributed by atoms with Crippen LogP contribution in [0.4, 0.5) is 0 Å². The van der Waals surface area contributed by atoms with Crippen LogP contribution in [0.15, 0.2) is 0 Å². The molecule has 0 aliphatic heterocycles. The third-order valence-corrected chi connectivity index (χ3v) is 2.66. The van der Waals surface area contributed by atoms with Crippen molar-refractivity contribution in [3.63, 3.8) is 0 Å². The molecule has 0 spiro atoms. The molecule has 76 valence electrons. The molecule has 1 unspecified atom stereocenters. The molecule has 1 fully saturated rings. The second-order valence-electron chi connectivity index (χ2n) is 3.87.